The van der Waals surface area contributed by atoms with Crippen LogP contribution in [-0.4, -0.2) is 25.6 Å². The molecule has 140 valence electrons. The molecule has 0 aliphatic carbocycles. The number of aromatic nitrogens is 1. The van der Waals surface area contributed by atoms with Crippen molar-refractivity contribution < 1.29 is 13.2 Å². The molecule has 27 heavy (non-hydrogen) atoms. The summed E-state index contributed by atoms with van der Waals surface area (Å²) in [7, 11) is -3.25. The Morgan fingerprint density at radius 2 is 1.78 bits per heavy atom. The van der Waals surface area contributed by atoms with Crippen LogP contribution in [0.4, 0.5) is 0 Å². The van der Waals surface area contributed by atoms with Gasteiger partial charge in [0.15, 0.2) is 9.84 Å². The van der Waals surface area contributed by atoms with Gasteiger partial charge in [-0.3, -0.25) is 9.78 Å². The standard InChI is InChI=1S/C20H19ClN2O3S/c1-12(14-4-7-17(8-5-14)27(3,25)26)23-20(24)18-11-15-10-16(21)6-9-19(15)22-13(18)2/h4-12H,1-3H3,(H,23,24). The highest BCUT2D eigenvalue weighted by molar-refractivity contribution is 7.90. The maximum Gasteiger partial charge on any atom is 0.253 e. The molecule has 0 radical (unpaired) electrons. The molecule has 1 atom stereocenters. The monoisotopic (exact) mass is 402 g/mol. The van der Waals surface area contributed by atoms with Gasteiger partial charge in [-0.05, 0) is 55.8 Å². The van der Waals surface area contributed by atoms with E-state index in [2.05, 4.69) is 10.3 Å². The summed E-state index contributed by atoms with van der Waals surface area (Å²) < 4.78 is 23.1. The zero-order valence-electron chi connectivity index (χ0n) is 15.2. The molecule has 5 nitrogen and oxygen atoms in total. The van der Waals surface area contributed by atoms with Crippen molar-refractivity contribution in [3.63, 3.8) is 0 Å². The molecule has 7 heteroatoms. The van der Waals surface area contributed by atoms with Crippen molar-refractivity contribution in [1.82, 2.24) is 10.3 Å². The van der Waals surface area contributed by atoms with E-state index in [1.165, 1.54) is 12.1 Å². The van der Waals surface area contributed by atoms with E-state index in [0.717, 1.165) is 22.7 Å². The fourth-order valence-electron chi connectivity index (χ4n) is 2.83. The van der Waals surface area contributed by atoms with E-state index in [-0.39, 0.29) is 16.8 Å². The molecule has 0 aliphatic heterocycles. The highest BCUT2D eigenvalue weighted by Gasteiger charge is 2.16. The molecule has 0 aliphatic rings. The topological polar surface area (TPSA) is 76.1 Å². The molecule has 2 aromatic carbocycles. The third-order valence-electron chi connectivity index (χ3n) is 4.37. The van der Waals surface area contributed by atoms with Gasteiger partial charge < -0.3 is 5.32 Å². The van der Waals surface area contributed by atoms with Crippen molar-refractivity contribution in [3.05, 3.63) is 70.4 Å². The molecule has 1 N–H and O–H groups in total. The van der Waals surface area contributed by atoms with Crippen LogP contribution in [-0.2, 0) is 9.84 Å². The van der Waals surface area contributed by atoms with Crippen molar-refractivity contribution in [2.75, 3.05) is 6.26 Å². The molecule has 0 fully saturated rings. The van der Waals surface area contributed by atoms with E-state index in [9.17, 15) is 13.2 Å². The van der Waals surface area contributed by atoms with Crippen molar-refractivity contribution >= 4 is 38.2 Å². The number of hydrogen-bond donors (Lipinski definition) is 1. The average molecular weight is 403 g/mol. The Labute approximate surface area is 163 Å². The van der Waals surface area contributed by atoms with Crippen LogP contribution in [0.2, 0.25) is 5.02 Å². The Bertz CT molecular complexity index is 1130. The zero-order valence-corrected chi connectivity index (χ0v) is 16.7. The van der Waals surface area contributed by atoms with Crippen molar-refractivity contribution in [3.8, 4) is 0 Å². The zero-order chi connectivity index (χ0) is 19.8. The first-order valence-electron chi connectivity index (χ1n) is 8.33. The van der Waals surface area contributed by atoms with Crippen LogP contribution in [0.5, 0.6) is 0 Å². The third kappa shape index (κ3) is 4.28. The largest absolute Gasteiger partial charge is 0.345 e. The van der Waals surface area contributed by atoms with Gasteiger partial charge in [0.25, 0.3) is 5.91 Å². The Morgan fingerprint density at radius 1 is 1.11 bits per heavy atom. The van der Waals surface area contributed by atoms with Crippen LogP contribution in [0.3, 0.4) is 0 Å². The van der Waals surface area contributed by atoms with Crippen LogP contribution in [0.25, 0.3) is 10.9 Å². The number of amides is 1. The minimum absolute atomic E-state index is 0.247. The highest BCUT2D eigenvalue weighted by Crippen LogP contribution is 2.22. The van der Waals surface area contributed by atoms with Crippen LogP contribution < -0.4 is 5.32 Å². The summed E-state index contributed by atoms with van der Waals surface area (Å²) in [4.78, 5) is 17.4. The molecule has 1 amide bonds. The van der Waals surface area contributed by atoms with Crippen molar-refractivity contribution in [2.45, 2.75) is 24.8 Å². The molecule has 0 saturated carbocycles. The summed E-state index contributed by atoms with van der Waals surface area (Å²) in [6.45, 7) is 3.63. The quantitative estimate of drug-likeness (QED) is 0.713. The van der Waals surface area contributed by atoms with Gasteiger partial charge >= 0.3 is 0 Å². The van der Waals surface area contributed by atoms with Gasteiger partial charge in [0.05, 0.1) is 27.7 Å². The van der Waals surface area contributed by atoms with E-state index < -0.39 is 9.84 Å². The number of hydrogen-bond acceptors (Lipinski definition) is 4. The molecule has 3 aromatic rings. The number of halogens is 1. The van der Waals surface area contributed by atoms with E-state index in [1.807, 2.05) is 13.0 Å². The molecule has 1 unspecified atom stereocenters. The van der Waals surface area contributed by atoms with Gasteiger partial charge in [-0.1, -0.05) is 23.7 Å². The Kier molecular flexibility index (Phi) is 5.22. The maximum atomic E-state index is 12.7. The second-order valence-electron chi connectivity index (χ2n) is 6.49. The number of nitrogens with zero attached hydrogens (tertiary/aromatic N) is 1. The Hall–Kier alpha value is -2.44. The normalized spacial score (nSPS) is 12.7. The summed E-state index contributed by atoms with van der Waals surface area (Å²) in [6, 6.07) is 13.3. The van der Waals surface area contributed by atoms with E-state index in [4.69, 9.17) is 11.6 Å². The van der Waals surface area contributed by atoms with E-state index in [0.29, 0.717) is 16.3 Å². The van der Waals surface area contributed by atoms with E-state index in [1.54, 1.807) is 37.3 Å². The molecule has 0 spiro atoms. The fourth-order valence-corrected chi connectivity index (χ4v) is 3.65. The van der Waals surface area contributed by atoms with Gasteiger partial charge in [-0.25, -0.2) is 8.42 Å². The predicted octanol–water partition coefficient (Wildman–Crippen LogP) is 4.09. The van der Waals surface area contributed by atoms with Gasteiger partial charge in [0, 0.05) is 16.7 Å². The minimum Gasteiger partial charge on any atom is -0.345 e. The molecule has 0 saturated heterocycles. The summed E-state index contributed by atoms with van der Waals surface area (Å²) in [5.41, 5.74) is 2.69. The molecule has 0 bridgehead atoms. The first kappa shape index (κ1) is 19.3. The number of sulfone groups is 1. The Balaban J connectivity index is 1.84. The number of pyridine rings is 1. The summed E-state index contributed by atoms with van der Waals surface area (Å²) in [5, 5.41) is 4.31. The number of rotatable bonds is 4. The second kappa shape index (κ2) is 7.29. The molecule has 1 heterocycles. The van der Waals surface area contributed by atoms with E-state index >= 15 is 0 Å². The fraction of sp³-hybridized carbons (Fsp3) is 0.200. The van der Waals surface area contributed by atoms with Gasteiger partial charge in [-0.15, -0.1) is 0 Å². The first-order chi connectivity index (χ1) is 12.6. The number of carbonyl (C=O) groups is 1. The lowest BCUT2D eigenvalue weighted by Gasteiger charge is -2.16. The number of aryl methyl sites for hydroxylation is 1. The van der Waals surface area contributed by atoms with Crippen LogP contribution >= 0.6 is 11.6 Å². The smallest absolute Gasteiger partial charge is 0.253 e. The van der Waals surface area contributed by atoms with Gasteiger partial charge in [0.2, 0.25) is 0 Å². The summed E-state index contributed by atoms with van der Waals surface area (Å²) in [6.07, 6.45) is 1.16. The van der Waals surface area contributed by atoms with Crippen LogP contribution in [0.1, 0.15) is 34.6 Å². The van der Waals surface area contributed by atoms with Crippen molar-refractivity contribution in [2.24, 2.45) is 0 Å². The van der Waals surface area contributed by atoms with Gasteiger partial charge in [-0.2, -0.15) is 0 Å². The average Bonchev–Trinajstić information content (AvgIpc) is 2.60. The lowest BCUT2D eigenvalue weighted by atomic mass is 10.1. The molecule has 1 aromatic heterocycles. The molecule has 3 rings (SSSR count). The summed E-state index contributed by atoms with van der Waals surface area (Å²) in [5.74, 6) is -0.249. The van der Waals surface area contributed by atoms with Gasteiger partial charge in [0.1, 0.15) is 0 Å². The SMILES string of the molecule is Cc1nc2ccc(Cl)cc2cc1C(=O)NC(C)c1ccc(S(C)(=O)=O)cc1. The lowest BCUT2D eigenvalue weighted by Crippen LogP contribution is -2.27. The van der Waals surface area contributed by atoms with Crippen LogP contribution in [0, 0.1) is 6.92 Å². The van der Waals surface area contributed by atoms with Crippen LogP contribution in [0.15, 0.2) is 53.4 Å². The number of benzene rings is 2. The highest BCUT2D eigenvalue weighted by atomic mass is 35.5. The molecular weight excluding hydrogens is 384 g/mol. The number of carbonyl (C=O) groups excluding carboxylic acids is 1. The summed E-state index contributed by atoms with van der Waals surface area (Å²) >= 11 is 6.03. The second-order valence-corrected chi connectivity index (χ2v) is 8.95. The number of fused-ring (bicyclic) bond motifs is 1. The van der Waals surface area contributed by atoms with Crippen molar-refractivity contribution in [1.29, 1.82) is 0 Å². The first-order valence-corrected chi connectivity index (χ1v) is 10.6. The number of nitrogens with one attached hydrogen (secondary N) is 1. The predicted molar refractivity (Wildman–Crippen MR) is 107 cm³/mol. The Morgan fingerprint density at radius 3 is 2.41 bits per heavy atom. The third-order valence-corrected chi connectivity index (χ3v) is 5.73. The minimum atomic E-state index is -3.25. The lowest BCUT2D eigenvalue weighted by molar-refractivity contribution is 0.0939. The maximum absolute atomic E-state index is 12.7. The molecular formula is C20H19ClN2O3S.